The number of hydrogen-bond donors (Lipinski definition) is 2. The Morgan fingerprint density at radius 1 is 1.17 bits per heavy atom. The fraction of sp³-hybridized carbons (Fsp3) is 0.385. The second-order valence-electron chi connectivity index (χ2n) is 4.48. The van der Waals surface area contributed by atoms with Crippen molar-refractivity contribution in [3.8, 4) is 6.01 Å². The van der Waals surface area contributed by atoms with Gasteiger partial charge in [0.15, 0.2) is 0 Å². The van der Waals surface area contributed by atoms with E-state index in [1.807, 2.05) is 24.3 Å². The van der Waals surface area contributed by atoms with Crippen LogP contribution in [-0.2, 0) is 0 Å². The third kappa shape index (κ3) is 2.22. The Balaban J connectivity index is 1.87. The highest BCUT2D eigenvalue weighted by Gasteiger charge is 2.16. The zero-order valence-corrected chi connectivity index (χ0v) is 10.1. The van der Waals surface area contributed by atoms with Crippen LogP contribution in [0.15, 0.2) is 24.3 Å². The van der Waals surface area contributed by atoms with Crippen molar-refractivity contribution >= 4 is 16.7 Å². The summed E-state index contributed by atoms with van der Waals surface area (Å²) in [7, 11) is 0. The van der Waals surface area contributed by atoms with Crippen molar-refractivity contribution in [2.45, 2.75) is 18.9 Å². The van der Waals surface area contributed by atoms with Crippen LogP contribution in [0.1, 0.15) is 12.8 Å². The zero-order valence-electron chi connectivity index (χ0n) is 10.1. The molecule has 0 spiro atoms. The molecular weight excluding hydrogens is 228 g/mol. The number of aromatic nitrogens is 2. The van der Waals surface area contributed by atoms with Gasteiger partial charge in [0, 0.05) is 5.39 Å². The average Bonchev–Trinajstić information content (AvgIpc) is 2.40. The van der Waals surface area contributed by atoms with Crippen molar-refractivity contribution in [3.05, 3.63) is 24.3 Å². The molecule has 1 fully saturated rings. The van der Waals surface area contributed by atoms with Crippen LogP contribution in [0.4, 0.5) is 5.82 Å². The molecule has 18 heavy (non-hydrogen) atoms. The summed E-state index contributed by atoms with van der Waals surface area (Å²) in [4.78, 5) is 8.62. The van der Waals surface area contributed by atoms with Crippen LogP contribution >= 0.6 is 0 Å². The first kappa shape index (κ1) is 11.2. The summed E-state index contributed by atoms with van der Waals surface area (Å²) in [6, 6.07) is 8.08. The van der Waals surface area contributed by atoms with E-state index in [4.69, 9.17) is 10.5 Å². The number of nitrogen functional groups attached to an aromatic ring is 1. The highest BCUT2D eigenvalue weighted by molar-refractivity contribution is 5.88. The van der Waals surface area contributed by atoms with Crippen molar-refractivity contribution in [1.29, 1.82) is 0 Å². The predicted octanol–water partition coefficient (Wildman–Crippen LogP) is 1.34. The molecule has 0 aliphatic carbocycles. The predicted molar refractivity (Wildman–Crippen MR) is 70.5 cm³/mol. The number of nitrogens with two attached hydrogens (primary N) is 1. The van der Waals surface area contributed by atoms with Gasteiger partial charge in [0.05, 0.1) is 5.52 Å². The Labute approximate surface area is 105 Å². The van der Waals surface area contributed by atoms with Crippen LogP contribution in [-0.4, -0.2) is 29.2 Å². The quantitative estimate of drug-likeness (QED) is 0.834. The minimum atomic E-state index is 0.187. The van der Waals surface area contributed by atoms with Gasteiger partial charge in [-0.15, -0.1) is 0 Å². The lowest BCUT2D eigenvalue weighted by atomic mass is 10.1. The van der Waals surface area contributed by atoms with E-state index in [9.17, 15) is 0 Å². The average molecular weight is 244 g/mol. The molecular formula is C13H16N4O. The number of fused-ring (bicyclic) bond motifs is 1. The fourth-order valence-corrected chi connectivity index (χ4v) is 2.19. The van der Waals surface area contributed by atoms with Gasteiger partial charge < -0.3 is 15.8 Å². The third-order valence-electron chi connectivity index (χ3n) is 3.17. The molecule has 94 valence electrons. The molecule has 0 saturated carbocycles. The summed E-state index contributed by atoms with van der Waals surface area (Å²) >= 11 is 0. The van der Waals surface area contributed by atoms with Crippen molar-refractivity contribution in [3.63, 3.8) is 0 Å². The fourth-order valence-electron chi connectivity index (χ4n) is 2.19. The Morgan fingerprint density at radius 2 is 1.94 bits per heavy atom. The Kier molecular flexibility index (Phi) is 2.98. The number of benzene rings is 1. The number of nitrogens with one attached hydrogen (secondary N) is 1. The SMILES string of the molecule is Nc1nc(OC2CCNCC2)nc2ccccc12. The number of anilines is 1. The maximum Gasteiger partial charge on any atom is 0.319 e. The van der Waals surface area contributed by atoms with Crippen LogP contribution in [0.5, 0.6) is 6.01 Å². The Hall–Kier alpha value is -1.88. The maximum absolute atomic E-state index is 5.92. The number of rotatable bonds is 2. The number of hydrogen-bond acceptors (Lipinski definition) is 5. The number of ether oxygens (including phenoxy) is 1. The summed E-state index contributed by atoms with van der Waals surface area (Å²) in [5.74, 6) is 0.476. The number of para-hydroxylation sites is 1. The summed E-state index contributed by atoms with van der Waals surface area (Å²) < 4.78 is 5.80. The molecule has 1 aromatic heterocycles. The van der Waals surface area contributed by atoms with Gasteiger partial charge in [0.1, 0.15) is 11.9 Å². The smallest absolute Gasteiger partial charge is 0.319 e. The van der Waals surface area contributed by atoms with Crippen LogP contribution in [0, 0.1) is 0 Å². The molecule has 0 atom stereocenters. The molecule has 3 N–H and O–H groups in total. The van der Waals surface area contributed by atoms with Gasteiger partial charge in [-0.1, -0.05) is 12.1 Å². The van der Waals surface area contributed by atoms with Gasteiger partial charge in [0.25, 0.3) is 0 Å². The lowest BCUT2D eigenvalue weighted by molar-refractivity contribution is 0.149. The van der Waals surface area contributed by atoms with Gasteiger partial charge >= 0.3 is 6.01 Å². The van der Waals surface area contributed by atoms with Crippen LogP contribution in [0.3, 0.4) is 0 Å². The van der Waals surface area contributed by atoms with Crippen LogP contribution in [0.2, 0.25) is 0 Å². The van der Waals surface area contributed by atoms with Crippen molar-refractivity contribution in [2.75, 3.05) is 18.8 Å². The highest BCUT2D eigenvalue weighted by Crippen LogP contribution is 2.21. The Morgan fingerprint density at radius 3 is 2.78 bits per heavy atom. The first-order valence-corrected chi connectivity index (χ1v) is 6.22. The molecule has 5 nitrogen and oxygen atoms in total. The molecule has 2 aromatic rings. The second kappa shape index (κ2) is 4.78. The summed E-state index contributed by atoms with van der Waals surface area (Å²) in [5, 5.41) is 4.17. The minimum Gasteiger partial charge on any atom is -0.460 e. The molecule has 1 aromatic carbocycles. The number of piperidine rings is 1. The highest BCUT2D eigenvalue weighted by atomic mass is 16.5. The minimum absolute atomic E-state index is 0.187. The molecule has 1 aliphatic rings. The van der Waals surface area contributed by atoms with E-state index in [-0.39, 0.29) is 6.10 Å². The van der Waals surface area contributed by atoms with Crippen molar-refractivity contribution in [1.82, 2.24) is 15.3 Å². The Bertz CT molecular complexity index is 552. The van der Waals surface area contributed by atoms with Gasteiger partial charge in [0.2, 0.25) is 0 Å². The zero-order chi connectivity index (χ0) is 12.4. The van der Waals surface area contributed by atoms with E-state index in [0.717, 1.165) is 36.8 Å². The van der Waals surface area contributed by atoms with Gasteiger partial charge in [-0.3, -0.25) is 0 Å². The molecule has 1 aliphatic heterocycles. The summed E-state index contributed by atoms with van der Waals surface area (Å²) in [6.07, 6.45) is 2.15. The maximum atomic E-state index is 5.92. The second-order valence-corrected chi connectivity index (χ2v) is 4.48. The molecule has 5 heteroatoms. The van der Waals surface area contributed by atoms with E-state index in [2.05, 4.69) is 15.3 Å². The molecule has 1 saturated heterocycles. The lowest BCUT2D eigenvalue weighted by Gasteiger charge is -2.22. The van der Waals surface area contributed by atoms with Crippen LogP contribution < -0.4 is 15.8 Å². The standard InChI is InChI=1S/C13H16N4O/c14-12-10-3-1-2-4-11(10)16-13(17-12)18-9-5-7-15-8-6-9/h1-4,9,15H,5-8H2,(H2,14,16,17). The summed E-state index contributed by atoms with van der Waals surface area (Å²) in [5.41, 5.74) is 6.75. The first-order chi connectivity index (χ1) is 8.83. The molecule has 0 unspecified atom stereocenters. The molecule has 0 bridgehead atoms. The van der Waals surface area contributed by atoms with Gasteiger partial charge in [-0.25, -0.2) is 0 Å². The van der Waals surface area contributed by atoms with Crippen molar-refractivity contribution < 1.29 is 4.74 Å². The molecule has 3 rings (SSSR count). The first-order valence-electron chi connectivity index (χ1n) is 6.22. The van der Waals surface area contributed by atoms with E-state index in [0.29, 0.717) is 11.8 Å². The van der Waals surface area contributed by atoms with E-state index in [1.165, 1.54) is 0 Å². The largest absolute Gasteiger partial charge is 0.460 e. The van der Waals surface area contributed by atoms with Gasteiger partial charge in [-0.2, -0.15) is 9.97 Å². The van der Waals surface area contributed by atoms with E-state index >= 15 is 0 Å². The van der Waals surface area contributed by atoms with Crippen LogP contribution in [0.25, 0.3) is 10.9 Å². The third-order valence-corrected chi connectivity index (χ3v) is 3.17. The molecule has 2 heterocycles. The normalized spacial score (nSPS) is 16.9. The van der Waals surface area contributed by atoms with E-state index < -0.39 is 0 Å². The van der Waals surface area contributed by atoms with E-state index in [1.54, 1.807) is 0 Å². The monoisotopic (exact) mass is 244 g/mol. The van der Waals surface area contributed by atoms with Crippen molar-refractivity contribution in [2.24, 2.45) is 0 Å². The lowest BCUT2D eigenvalue weighted by Crippen LogP contribution is -2.34. The topological polar surface area (TPSA) is 73.1 Å². The molecule has 0 amide bonds. The van der Waals surface area contributed by atoms with Gasteiger partial charge in [-0.05, 0) is 38.1 Å². The summed E-state index contributed by atoms with van der Waals surface area (Å²) in [6.45, 7) is 1.96. The molecule has 0 radical (unpaired) electrons. The number of nitrogens with zero attached hydrogens (tertiary/aromatic N) is 2.